The molecule has 0 radical (unpaired) electrons. The van der Waals surface area contributed by atoms with Gasteiger partial charge in [-0.05, 0) is 17.9 Å². The average Bonchev–Trinajstić information content (AvgIpc) is 2.26. The maximum Gasteiger partial charge on any atom is 0.335 e. The number of carboxylic acid groups (broad SMARTS) is 1. The van der Waals surface area contributed by atoms with Crippen LogP contribution in [0.4, 0.5) is 0 Å². The fraction of sp³-hybridized carbons (Fsp3) is 0.200. The number of benzene rings is 1. The Bertz CT molecular complexity index is 379. The normalized spacial score (nSPS) is 9.93. The van der Waals surface area contributed by atoms with Gasteiger partial charge in [-0.15, -0.1) is 11.8 Å². The fourth-order valence-electron chi connectivity index (χ4n) is 1.06. The minimum Gasteiger partial charge on any atom is -0.478 e. The van der Waals surface area contributed by atoms with Crippen molar-refractivity contribution >= 4 is 33.9 Å². The van der Waals surface area contributed by atoms with Crippen LogP contribution in [0, 0.1) is 5.41 Å². The summed E-state index contributed by atoms with van der Waals surface area (Å²) in [6.45, 7) is 0. The van der Waals surface area contributed by atoms with E-state index in [-0.39, 0.29) is 0 Å². The highest BCUT2D eigenvalue weighted by molar-refractivity contribution is 8.38. The van der Waals surface area contributed by atoms with Crippen LogP contribution >= 0.6 is 23.5 Å². The third kappa shape index (κ3) is 3.60. The molecule has 1 aromatic rings. The molecule has 0 aliphatic rings. The van der Waals surface area contributed by atoms with Crippen LogP contribution in [-0.2, 0) is 5.75 Å². The maximum absolute atomic E-state index is 10.9. The van der Waals surface area contributed by atoms with Crippen molar-refractivity contribution in [3.8, 4) is 0 Å². The predicted octanol–water partition coefficient (Wildman–Crippen LogP) is 2.92. The summed E-state index contributed by atoms with van der Waals surface area (Å²) < 4.78 is 0.496. The quantitative estimate of drug-likeness (QED) is 0.631. The van der Waals surface area contributed by atoms with Crippen molar-refractivity contribution in [3.63, 3.8) is 0 Å². The molecule has 0 saturated heterocycles. The Morgan fingerprint density at radius 1 is 1.47 bits per heavy atom. The van der Waals surface area contributed by atoms with E-state index < -0.39 is 5.97 Å². The van der Waals surface area contributed by atoms with Crippen molar-refractivity contribution in [2.75, 3.05) is 6.26 Å². The van der Waals surface area contributed by atoms with E-state index in [0.717, 1.165) is 5.56 Å². The molecule has 0 atom stereocenters. The molecule has 80 valence electrons. The molecule has 0 saturated carbocycles. The van der Waals surface area contributed by atoms with Gasteiger partial charge in [0.2, 0.25) is 0 Å². The van der Waals surface area contributed by atoms with E-state index in [4.69, 9.17) is 10.5 Å². The topological polar surface area (TPSA) is 61.2 Å². The van der Waals surface area contributed by atoms with E-state index in [1.54, 1.807) is 18.2 Å². The second-order valence-corrected chi connectivity index (χ2v) is 4.80. The van der Waals surface area contributed by atoms with Crippen LogP contribution in [0.5, 0.6) is 0 Å². The Kier molecular flexibility index (Phi) is 4.71. The molecule has 5 heteroatoms. The number of hydrogen-bond donors (Lipinski definition) is 2. The monoisotopic (exact) mass is 241 g/mol. The first-order valence-electron chi connectivity index (χ1n) is 4.21. The molecule has 2 N–H and O–H groups in total. The van der Waals surface area contributed by atoms with Gasteiger partial charge < -0.3 is 5.11 Å². The van der Waals surface area contributed by atoms with Gasteiger partial charge in [0.1, 0.15) is 4.38 Å². The lowest BCUT2D eigenvalue weighted by molar-refractivity contribution is 0.0696. The highest BCUT2D eigenvalue weighted by Gasteiger charge is 2.09. The van der Waals surface area contributed by atoms with Crippen LogP contribution in [0.25, 0.3) is 0 Å². The molecule has 15 heavy (non-hydrogen) atoms. The van der Waals surface area contributed by atoms with E-state index in [1.165, 1.54) is 23.5 Å². The van der Waals surface area contributed by atoms with Gasteiger partial charge in [-0.2, -0.15) is 0 Å². The summed E-state index contributed by atoms with van der Waals surface area (Å²) in [5, 5.41) is 16.4. The summed E-state index contributed by atoms with van der Waals surface area (Å²) >= 11 is 2.70. The lowest BCUT2D eigenvalue weighted by atomic mass is 10.1. The second-order valence-electron chi connectivity index (χ2n) is 2.74. The van der Waals surface area contributed by atoms with Crippen LogP contribution in [0.2, 0.25) is 0 Å². The van der Waals surface area contributed by atoms with Crippen molar-refractivity contribution in [3.05, 3.63) is 35.4 Å². The molecule has 1 rings (SSSR count). The highest BCUT2D eigenvalue weighted by Crippen LogP contribution is 2.20. The second kappa shape index (κ2) is 5.82. The van der Waals surface area contributed by atoms with Gasteiger partial charge in [0.05, 0.1) is 5.56 Å². The molecule has 0 heterocycles. The molecule has 0 fully saturated rings. The number of carbonyl (C=O) groups is 1. The molecular formula is C10H11NO2S2. The van der Waals surface area contributed by atoms with Crippen molar-refractivity contribution in [2.24, 2.45) is 0 Å². The molecule has 0 bridgehead atoms. The first-order valence-corrected chi connectivity index (χ1v) is 6.42. The van der Waals surface area contributed by atoms with Gasteiger partial charge in [-0.3, -0.25) is 5.41 Å². The summed E-state index contributed by atoms with van der Waals surface area (Å²) in [7, 11) is 0. The van der Waals surface area contributed by atoms with Crippen LogP contribution in [0.15, 0.2) is 24.3 Å². The Labute approximate surface area is 96.8 Å². The zero-order valence-electron chi connectivity index (χ0n) is 8.19. The number of carboxylic acids is 1. The van der Waals surface area contributed by atoms with Crippen molar-refractivity contribution < 1.29 is 9.90 Å². The summed E-state index contributed by atoms with van der Waals surface area (Å²) in [6.07, 6.45) is 1.83. The standard InChI is InChI=1S/C10H11NO2S2/c1-14-10(11)15-6-7-4-2-3-5-8(7)9(12)13/h2-5,11H,6H2,1H3,(H,12,13). The zero-order chi connectivity index (χ0) is 11.3. The molecule has 0 amide bonds. The van der Waals surface area contributed by atoms with Gasteiger partial charge >= 0.3 is 5.97 Å². The Morgan fingerprint density at radius 3 is 2.73 bits per heavy atom. The third-order valence-electron chi connectivity index (χ3n) is 1.79. The molecular weight excluding hydrogens is 230 g/mol. The summed E-state index contributed by atoms with van der Waals surface area (Å²) in [5.41, 5.74) is 1.08. The maximum atomic E-state index is 10.9. The first-order chi connectivity index (χ1) is 7.15. The SMILES string of the molecule is CSC(=N)SCc1ccccc1C(=O)O. The van der Waals surface area contributed by atoms with E-state index in [2.05, 4.69) is 0 Å². The van der Waals surface area contributed by atoms with E-state index >= 15 is 0 Å². The number of aromatic carboxylic acids is 1. The smallest absolute Gasteiger partial charge is 0.335 e. The number of nitrogens with one attached hydrogen (secondary N) is 1. The van der Waals surface area contributed by atoms with Crippen LogP contribution in [-0.4, -0.2) is 21.7 Å². The fourth-order valence-corrected chi connectivity index (χ4v) is 2.24. The summed E-state index contributed by atoms with van der Waals surface area (Å²) in [4.78, 5) is 10.9. The first kappa shape index (κ1) is 12.1. The summed E-state index contributed by atoms with van der Waals surface area (Å²) in [6, 6.07) is 6.88. The molecule has 0 aromatic heterocycles. The van der Waals surface area contributed by atoms with Crippen molar-refractivity contribution in [1.82, 2.24) is 0 Å². The minimum absolute atomic E-state index is 0.318. The highest BCUT2D eigenvalue weighted by atomic mass is 32.2. The van der Waals surface area contributed by atoms with Gasteiger partial charge in [-0.25, -0.2) is 4.79 Å². The molecule has 0 aliphatic heterocycles. The van der Waals surface area contributed by atoms with E-state index in [9.17, 15) is 4.79 Å². The van der Waals surface area contributed by atoms with Crippen molar-refractivity contribution in [1.29, 1.82) is 5.41 Å². The van der Waals surface area contributed by atoms with Crippen LogP contribution < -0.4 is 0 Å². The number of hydrogen-bond acceptors (Lipinski definition) is 4. The molecule has 0 unspecified atom stereocenters. The largest absolute Gasteiger partial charge is 0.478 e. The molecule has 0 spiro atoms. The lowest BCUT2D eigenvalue weighted by Gasteiger charge is -2.04. The zero-order valence-corrected chi connectivity index (χ0v) is 9.82. The van der Waals surface area contributed by atoms with Crippen LogP contribution in [0.3, 0.4) is 0 Å². The van der Waals surface area contributed by atoms with Gasteiger partial charge in [0.25, 0.3) is 0 Å². The van der Waals surface area contributed by atoms with Gasteiger partial charge in [0.15, 0.2) is 0 Å². The minimum atomic E-state index is -0.915. The Morgan fingerprint density at radius 2 is 2.13 bits per heavy atom. The lowest BCUT2D eigenvalue weighted by Crippen LogP contribution is -2.01. The Balaban J connectivity index is 2.76. The van der Waals surface area contributed by atoms with Gasteiger partial charge in [0, 0.05) is 5.75 Å². The molecule has 3 nitrogen and oxygen atoms in total. The van der Waals surface area contributed by atoms with E-state index in [0.29, 0.717) is 15.7 Å². The third-order valence-corrected chi connectivity index (χ3v) is 3.73. The van der Waals surface area contributed by atoms with Gasteiger partial charge in [-0.1, -0.05) is 30.0 Å². The van der Waals surface area contributed by atoms with Crippen LogP contribution in [0.1, 0.15) is 15.9 Å². The number of thioether (sulfide) groups is 2. The molecule has 1 aromatic carbocycles. The predicted molar refractivity (Wildman–Crippen MR) is 65.9 cm³/mol. The van der Waals surface area contributed by atoms with Crippen molar-refractivity contribution in [2.45, 2.75) is 5.75 Å². The molecule has 0 aliphatic carbocycles. The summed E-state index contributed by atoms with van der Waals surface area (Å²) in [5.74, 6) is -0.385. The number of rotatable bonds is 3. The average molecular weight is 241 g/mol. The van der Waals surface area contributed by atoms with E-state index in [1.807, 2.05) is 12.3 Å². The Hall–Kier alpha value is -0.940.